The predicted octanol–water partition coefficient (Wildman–Crippen LogP) is 2.46. The standard InChI is InChI=1S/C15H20FN3O5/c1-3-24-15(20)17-10-5-4-6-18(9-10)12-8-14(23-2)11(16)7-13(12)19(21)22/h7-8,10H,3-6,9H2,1-2H3,(H,17,20). The van der Waals surface area contributed by atoms with Gasteiger partial charge in [0.15, 0.2) is 11.6 Å². The highest BCUT2D eigenvalue weighted by Gasteiger charge is 2.28. The molecule has 1 aromatic carbocycles. The van der Waals surface area contributed by atoms with Gasteiger partial charge in [-0.3, -0.25) is 10.1 Å². The highest BCUT2D eigenvalue weighted by molar-refractivity contribution is 5.69. The Kier molecular flexibility index (Phi) is 5.78. The molecule has 1 N–H and O–H groups in total. The van der Waals surface area contributed by atoms with Crippen LogP contribution in [0.2, 0.25) is 0 Å². The molecule has 1 amide bonds. The van der Waals surface area contributed by atoms with Crippen LogP contribution in [-0.4, -0.2) is 43.9 Å². The van der Waals surface area contributed by atoms with Gasteiger partial charge in [-0.25, -0.2) is 9.18 Å². The number of ether oxygens (including phenoxy) is 2. The fourth-order valence-electron chi connectivity index (χ4n) is 2.74. The number of hydrogen-bond donors (Lipinski definition) is 1. The van der Waals surface area contributed by atoms with E-state index in [4.69, 9.17) is 9.47 Å². The maximum atomic E-state index is 13.8. The van der Waals surface area contributed by atoms with Crippen molar-refractivity contribution in [1.82, 2.24) is 5.32 Å². The maximum absolute atomic E-state index is 13.8. The first-order chi connectivity index (χ1) is 11.5. The minimum Gasteiger partial charge on any atom is -0.494 e. The van der Waals surface area contributed by atoms with Crippen molar-refractivity contribution >= 4 is 17.5 Å². The van der Waals surface area contributed by atoms with Crippen LogP contribution < -0.4 is 15.0 Å². The fraction of sp³-hybridized carbons (Fsp3) is 0.533. The molecule has 8 nitrogen and oxygen atoms in total. The zero-order valence-corrected chi connectivity index (χ0v) is 13.6. The molecule has 1 saturated heterocycles. The number of halogens is 1. The molecule has 9 heteroatoms. The molecule has 0 bridgehead atoms. The first-order valence-corrected chi connectivity index (χ1v) is 7.66. The summed E-state index contributed by atoms with van der Waals surface area (Å²) in [6.07, 6.45) is 0.950. The van der Waals surface area contributed by atoms with Crippen LogP contribution in [0, 0.1) is 15.9 Å². The molecule has 0 radical (unpaired) electrons. The van der Waals surface area contributed by atoms with E-state index in [-0.39, 0.29) is 29.8 Å². The SMILES string of the molecule is CCOC(=O)NC1CCCN(c2cc(OC)c(F)cc2[N+](=O)[O-])C1. The molecule has 0 aromatic heterocycles. The number of nitrogens with one attached hydrogen (secondary N) is 1. The van der Waals surface area contributed by atoms with Gasteiger partial charge in [-0.15, -0.1) is 0 Å². The second-order valence-electron chi connectivity index (χ2n) is 5.38. The van der Waals surface area contributed by atoms with Gasteiger partial charge >= 0.3 is 6.09 Å². The van der Waals surface area contributed by atoms with Gasteiger partial charge < -0.3 is 19.7 Å². The number of piperidine rings is 1. The molecule has 1 aromatic rings. The third-order valence-electron chi connectivity index (χ3n) is 3.81. The number of methoxy groups -OCH3 is 1. The van der Waals surface area contributed by atoms with Gasteiger partial charge in [0.1, 0.15) is 5.69 Å². The van der Waals surface area contributed by atoms with E-state index in [9.17, 15) is 19.3 Å². The fourth-order valence-corrected chi connectivity index (χ4v) is 2.74. The summed E-state index contributed by atoms with van der Waals surface area (Å²) < 4.78 is 23.5. The smallest absolute Gasteiger partial charge is 0.407 e. The van der Waals surface area contributed by atoms with E-state index in [0.29, 0.717) is 13.1 Å². The molecule has 1 heterocycles. The van der Waals surface area contributed by atoms with Gasteiger partial charge in [-0.05, 0) is 19.8 Å². The van der Waals surface area contributed by atoms with Crippen molar-refractivity contribution in [2.75, 3.05) is 31.7 Å². The zero-order valence-electron chi connectivity index (χ0n) is 13.6. The molecule has 1 aliphatic rings. The lowest BCUT2D eigenvalue weighted by Crippen LogP contribution is -2.48. The summed E-state index contributed by atoms with van der Waals surface area (Å²) in [6.45, 7) is 2.91. The minimum absolute atomic E-state index is 0.0592. The van der Waals surface area contributed by atoms with E-state index in [2.05, 4.69) is 5.32 Å². The Morgan fingerprint density at radius 3 is 2.92 bits per heavy atom. The molecule has 132 valence electrons. The van der Waals surface area contributed by atoms with Gasteiger partial charge in [0.25, 0.3) is 5.69 Å². The third kappa shape index (κ3) is 4.03. The molecule has 0 saturated carbocycles. The van der Waals surface area contributed by atoms with Crippen LogP contribution in [0.25, 0.3) is 0 Å². The summed E-state index contributed by atoms with van der Waals surface area (Å²) in [6, 6.07) is 1.98. The number of carbonyl (C=O) groups is 1. The summed E-state index contributed by atoms with van der Waals surface area (Å²) in [5, 5.41) is 14.0. The lowest BCUT2D eigenvalue weighted by atomic mass is 10.0. The second-order valence-corrected chi connectivity index (χ2v) is 5.38. The maximum Gasteiger partial charge on any atom is 0.407 e. The molecule has 2 rings (SSSR count). The number of anilines is 1. The van der Waals surface area contributed by atoms with Gasteiger partial charge in [0.05, 0.1) is 24.7 Å². The average Bonchev–Trinajstić information content (AvgIpc) is 2.54. The Hall–Kier alpha value is -2.58. The Morgan fingerprint density at radius 2 is 2.29 bits per heavy atom. The van der Waals surface area contributed by atoms with Crippen molar-refractivity contribution in [3.8, 4) is 5.75 Å². The molecular weight excluding hydrogens is 321 g/mol. The summed E-state index contributed by atoms with van der Waals surface area (Å²) >= 11 is 0. The molecule has 1 atom stereocenters. The van der Waals surface area contributed by atoms with E-state index in [0.717, 1.165) is 18.9 Å². The lowest BCUT2D eigenvalue weighted by molar-refractivity contribution is -0.384. The van der Waals surface area contributed by atoms with Crippen LogP contribution in [0.3, 0.4) is 0 Å². The molecular formula is C15H20FN3O5. The number of alkyl carbamates (subject to hydrolysis) is 1. The van der Waals surface area contributed by atoms with Crippen molar-refractivity contribution in [3.05, 3.63) is 28.1 Å². The number of carbonyl (C=O) groups excluding carboxylic acids is 1. The van der Waals surface area contributed by atoms with Crippen LogP contribution in [0.15, 0.2) is 12.1 Å². The summed E-state index contributed by atoms with van der Waals surface area (Å²) in [5.41, 5.74) is -0.0568. The molecule has 1 unspecified atom stereocenters. The van der Waals surface area contributed by atoms with Crippen LogP contribution in [0.4, 0.5) is 20.6 Å². The Labute approximate surface area is 138 Å². The molecule has 24 heavy (non-hydrogen) atoms. The Balaban J connectivity index is 2.23. The van der Waals surface area contributed by atoms with E-state index in [1.165, 1.54) is 13.2 Å². The minimum atomic E-state index is -0.786. The van der Waals surface area contributed by atoms with E-state index < -0.39 is 16.8 Å². The Morgan fingerprint density at radius 1 is 1.54 bits per heavy atom. The van der Waals surface area contributed by atoms with Crippen molar-refractivity contribution in [2.24, 2.45) is 0 Å². The van der Waals surface area contributed by atoms with E-state index in [1.807, 2.05) is 0 Å². The lowest BCUT2D eigenvalue weighted by Gasteiger charge is -2.34. The van der Waals surface area contributed by atoms with Crippen molar-refractivity contribution in [2.45, 2.75) is 25.8 Å². The first kappa shape index (κ1) is 17.8. The topological polar surface area (TPSA) is 93.9 Å². The highest BCUT2D eigenvalue weighted by Crippen LogP contribution is 2.35. The number of nitro benzene ring substituents is 1. The Bertz CT molecular complexity index is 625. The number of nitro groups is 1. The molecule has 1 fully saturated rings. The third-order valence-corrected chi connectivity index (χ3v) is 3.81. The number of benzene rings is 1. The number of rotatable bonds is 5. The van der Waals surface area contributed by atoms with E-state index >= 15 is 0 Å². The van der Waals surface area contributed by atoms with Gasteiger partial charge in [0.2, 0.25) is 0 Å². The summed E-state index contributed by atoms with van der Waals surface area (Å²) in [5.74, 6) is -0.845. The monoisotopic (exact) mass is 341 g/mol. The largest absolute Gasteiger partial charge is 0.494 e. The average molecular weight is 341 g/mol. The normalized spacial score (nSPS) is 17.3. The van der Waals surface area contributed by atoms with Crippen LogP contribution in [0.5, 0.6) is 5.75 Å². The van der Waals surface area contributed by atoms with Crippen LogP contribution in [-0.2, 0) is 4.74 Å². The molecule has 1 aliphatic heterocycles. The predicted molar refractivity (Wildman–Crippen MR) is 85.0 cm³/mol. The van der Waals surface area contributed by atoms with Gasteiger partial charge in [-0.2, -0.15) is 0 Å². The number of nitrogens with zero attached hydrogens (tertiary/aromatic N) is 2. The summed E-state index contributed by atoms with van der Waals surface area (Å²) in [4.78, 5) is 23.9. The number of amides is 1. The second kappa shape index (κ2) is 7.80. The van der Waals surface area contributed by atoms with E-state index in [1.54, 1.807) is 11.8 Å². The van der Waals surface area contributed by atoms with Gasteiger partial charge in [0, 0.05) is 25.2 Å². The highest BCUT2D eigenvalue weighted by atomic mass is 19.1. The van der Waals surface area contributed by atoms with Crippen LogP contribution >= 0.6 is 0 Å². The van der Waals surface area contributed by atoms with Gasteiger partial charge in [-0.1, -0.05) is 0 Å². The van der Waals surface area contributed by atoms with Crippen molar-refractivity contribution < 1.29 is 23.6 Å². The van der Waals surface area contributed by atoms with Crippen molar-refractivity contribution in [1.29, 1.82) is 0 Å². The van der Waals surface area contributed by atoms with Crippen LogP contribution in [0.1, 0.15) is 19.8 Å². The molecule has 0 aliphatic carbocycles. The van der Waals surface area contributed by atoms with Crippen molar-refractivity contribution in [3.63, 3.8) is 0 Å². The zero-order chi connectivity index (χ0) is 17.7. The summed E-state index contributed by atoms with van der Waals surface area (Å²) in [7, 11) is 1.30. The first-order valence-electron chi connectivity index (χ1n) is 7.66. The number of hydrogen-bond acceptors (Lipinski definition) is 6. The molecule has 0 spiro atoms. The quantitative estimate of drug-likeness (QED) is 0.653.